The second-order valence-corrected chi connectivity index (χ2v) is 5.59. The van der Waals surface area contributed by atoms with Crippen molar-refractivity contribution in [3.63, 3.8) is 0 Å². The van der Waals surface area contributed by atoms with Crippen LogP contribution in [0.4, 0.5) is 0 Å². The van der Waals surface area contributed by atoms with Gasteiger partial charge in [0.2, 0.25) is 5.91 Å². The van der Waals surface area contributed by atoms with Crippen molar-refractivity contribution < 1.29 is 9.53 Å². The van der Waals surface area contributed by atoms with Crippen molar-refractivity contribution in [3.8, 4) is 5.75 Å². The van der Waals surface area contributed by atoms with E-state index >= 15 is 0 Å². The molecule has 4 nitrogen and oxygen atoms in total. The number of rotatable bonds is 8. The van der Waals surface area contributed by atoms with Gasteiger partial charge in [0.1, 0.15) is 12.4 Å². The molecule has 1 amide bonds. The number of para-hydroxylation sites is 1. The summed E-state index contributed by atoms with van der Waals surface area (Å²) < 4.78 is 5.71. The first-order valence-electron chi connectivity index (χ1n) is 7.87. The minimum atomic E-state index is -0.0291. The maximum atomic E-state index is 11.9. The van der Waals surface area contributed by atoms with Crippen LogP contribution < -0.4 is 15.4 Å². The van der Waals surface area contributed by atoms with Crippen LogP contribution in [0, 0.1) is 5.92 Å². The van der Waals surface area contributed by atoms with E-state index < -0.39 is 0 Å². The predicted octanol–water partition coefficient (Wildman–Crippen LogP) is 2.74. The van der Waals surface area contributed by atoms with Gasteiger partial charge in [0.25, 0.3) is 0 Å². The van der Waals surface area contributed by atoms with Gasteiger partial charge in [-0.1, -0.05) is 49.4 Å². The lowest BCUT2D eigenvalue weighted by molar-refractivity contribution is -0.124. The molecule has 0 saturated carbocycles. The summed E-state index contributed by atoms with van der Waals surface area (Å²) in [5, 5.41) is 5.96. The molecule has 2 aromatic carbocycles. The second kappa shape index (κ2) is 8.96. The molecule has 0 bridgehead atoms. The van der Waals surface area contributed by atoms with Gasteiger partial charge in [-0.05, 0) is 30.3 Å². The standard InChI is InChI=1S/C19H24N2O2/c1-15(12-20-2)19(22)21-13-16-8-10-17(11-9-16)14-23-18-6-4-3-5-7-18/h3-11,15,20H,12-14H2,1-2H3,(H,21,22). The number of hydrogen-bond acceptors (Lipinski definition) is 3. The lowest BCUT2D eigenvalue weighted by Crippen LogP contribution is -2.33. The Morgan fingerprint density at radius 3 is 2.35 bits per heavy atom. The van der Waals surface area contributed by atoms with E-state index in [2.05, 4.69) is 10.6 Å². The van der Waals surface area contributed by atoms with Crippen LogP contribution >= 0.6 is 0 Å². The van der Waals surface area contributed by atoms with E-state index in [1.165, 1.54) is 0 Å². The van der Waals surface area contributed by atoms with Gasteiger partial charge >= 0.3 is 0 Å². The zero-order chi connectivity index (χ0) is 16.5. The highest BCUT2D eigenvalue weighted by Gasteiger charge is 2.10. The van der Waals surface area contributed by atoms with Crippen molar-refractivity contribution in [2.45, 2.75) is 20.1 Å². The molecule has 1 unspecified atom stereocenters. The quantitative estimate of drug-likeness (QED) is 0.788. The third-order valence-corrected chi connectivity index (χ3v) is 3.60. The lowest BCUT2D eigenvalue weighted by Gasteiger charge is -2.12. The van der Waals surface area contributed by atoms with Gasteiger partial charge < -0.3 is 15.4 Å². The second-order valence-electron chi connectivity index (χ2n) is 5.59. The van der Waals surface area contributed by atoms with Gasteiger partial charge in [0.15, 0.2) is 0 Å². The molecule has 2 rings (SSSR count). The van der Waals surface area contributed by atoms with Crippen molar-refractivity contribution >= 4 is 5.91 Å². The number of carbonyl (C=O) groups is 1. The summed E-state index contributed by atoms with van der Waals surface area (Å²) in [5.74, 6) is 0.900. The van der Waals surface area contributed by atoms with Crippen LogP contribution in [-0.4, -0.2) is 19.5 Å². The lowest BCUT2D eigenvalue weighted by atomic mass is 10.1. The highest BCUT2D eigenvalue weighted by atomic mass is 16.5. The molecule has 23 heavy (non-hydrogen) atoms. The topological polar surface area (TPSA) is 50.4 Å². The summed E-state index contributed by atoms with van der Waals surface area (Å²) in [4.78, 5) is 11.9. The molecule has 0 heterocycles. The van der Waals surface area contributed by atoms with E-state index in [4.69, 9.17) is 4.74 Å². The Kier molecular flexibility index (Phi) is 6.63. The van der Waals surface area contributed by atoms with Gasteiger partial charge in [-0.3, -0.25) is 4.79 Å². The number of nitrogens with one attached hydrogen (secondary N) is 2. The minimum absolute atomic E-state index is 0.0291. The van der Waals surface area contributed by atoms with Gasteiger partial charge in [0, 0.05) is 19.0 Å². The zero-order valence-corrected chi connectivity index (χ0v) is 13.7. The number of amides is 1. The summed E-state index contributed by atoms with van der Waals surface area (Å²) in [5.41, 5.74) is 2.19. The Morgan fingerprint density at radius 2 is 1.70 bits per heavy atom. The molecule has 0 saturated heterocycles. The van der Waals surface area contributed by atoms with Crippen LogP contribution in [0.5, 0.6) is 5.75 Å². The molecule has 2 aromatic rings. The van der Waals surface area contributed by atoms with Gasteiger partial charge in [-0.25, -0.2) is 0 Å². The molecule has 2 N–H and O–H groups in total. The van der Waals surface area contributed by atoms with Crippen LogP contribution in [0.15, 0.2) is 54.6 Å². The molecular formula is C19H24N2O2. The minimum Gasteiger partial charge on any atom is -0.489 e. The van der Waals surface area contributed by atoms with Crippen molar-refractivity contribution in [2.24, 2.45) is 5.92 Å². The van der Waals surface area contributed by atoms with Crippen LogP contribution in [0.3, 0.4) is 0 Å². The van der Waals surface area contributed by atoms with E-state index in [0.717, 1.165) is 16.9 Å². The van der Waals surface area contributed by atoms with Crippen LogP contribution in [0.1, 0.15) is 18.1 Å². The first-order valence-corrected chi connectivity index (χ1v) is 7.87. The summed E-state index contributed by atoms with van der Waals surface area (Å²) in [6.07, 6.45) is 0. The van der Waals surface area contributed by atoms with Crippen LogP contribution in [0.25, 0.3) is 0 Å². The van der Waals surface area contributed by atoms with Crippen LogP contribution in [-0.2, 0) is 17.9 Å². The van der Waals surface area contributed by atoms with E-state index in [1.54, 1.807) is 0 Å². The Labute approximate surface area is 137 Å². The number of ether oxygens (including phenoxy) is 1. The molecule has 0 radical (unpaired) electrons. The van der Waals surface area contributed by atoms with Crippen LogP contribution in [0.2, 0.25) is 0 Å². The molecule has 1 atom stereocenters. The summed E-state index contributed by atoms with van der Waals surface area (Å²) >= 11 is 0. The fraction of sp³-hybridized carbons (Fsp3) is 0.316. The average molecular weight is 312 g/mol. The molecule has 4 heteroatoms. The highest BCUT2D eigenvalue weighted by Crippen LogP contribution is 2.12. The van der Waals surface area contributed by atoms with E-state index in [-0.39, 0.29) is 11.8 Å². The van der Waals surface area contributed by atoms with E-state index in [1.807, 2.05) is 68.6 Å². The Bertz CT molecular complexity index is 597. The summed E-state index contributed by atoms with van der Waals surface area (Å²) in [6, 6.07) is 17.9. The van der Waals surface area contributed by atoms with Crippen molar-refractivity contribution in [1.29, 1.82) is 0 Å². The molecule has 0 fully saturated rings. The Morgan fingerprint density at radius 1 is 1.04 bits per heavy atom. The number of benzene rings is 2. The maximum absolute atomic E-state index is 11.9. The molecular weight excluding hydrogens is 288 g/mol. The van der Waals surface area contributed by atoms with Gasteiger partial charge in [-0.2, -0.15) is 0 Å². The molecule has 0 spiro atoms. The Hall–Kier alpha value is -2.33. The fourth-order valence-corrected chi connectivity index (χ4v) is 2.20. The first kappa shape index (κ1) is 17.0. The number of carbonyl (C=O) groups excluding carboxylic acids is 1. The molecule has 122 valence electrons. The summed E-state index contributed by atoms with van der Waals surface area (Å²) in [7, 11) is 1.85. The maximum Gasteiger partial charge on any atom is 0.224 e. The number of hydrogen-bond donors (Lipinski definition) is 2. The Balaban J connectivity index is 1.79. The normalized spacial score (nSPS) is 11.7. The average Bonchev–Trinajstić information content (AvgIpc) is 2.60. The zero-order valence-electron chi connectivity index (χ0n) is 13.7. The first-order chi connectivity index (χ1) is 11.2. The molecule has 0 aromatic heterocycles. The molecule has 0 aliphatic carbocycles. The van der Waals surface area contributed by atoms with E-state index in [0.29, 0.717) is 19.7 Å². The highest BCUT2D eigenvalue weighted by molar-refractivity contribution is 5.78. The van der Waals surface area contributed by atoms with Gasteiger partial charge in [-0.15, -0.1) is 0 Å². The van der Waals surface area contributed by atoms with Crippen molar-refractivity contribution in [3.05, 3.63) is 65.7 Å². The third-order valence-electron chi connectivity index (χ3n) is 3.60. The summed E-state index contributed by atoms with van der Waals surface area (Å²) in [6.45, 7) is 3.68. The van der Waals surface area contributed by atoms with Gasteiger partial charge in [0.05, 0.1) is 0 Å². The molecule has 0 aliphatic heterocycles. The third kappa shape index (κ3) is 5.75. The molecule has 0 aliphatic rings. The largest absolute Gasteiger partial charge is 0.489 e. The van der Waals surface area contributed by atoms with Crippen molar-refractivity contribution in [1.82, 2.24) is 10.6 Å². The van der Waals surface area contributed by atoms with Crippen molar-refractivity contribution in [2.75, 3.05) is 13.6 Å². The fourth-order valence-electron chi connectivity index (χ4n) is 2.20. The monoisotopic (exact) mass is 312 g/mol. The SMILES string of the molecule is CNCC(C)C(=O)NCc1ccc(COc2ccccc2)cc1. The predicted molar refractivity (Wildman–Crippen MR) is 92.2 cm³/mol. The van der Waals surface area contributed by atoms with E-state index in [9.17, 15) is 4.79 Å². The smallest absolute Gasteiger partial charge is 0.224 e.